The first-order valence-corrected chi connectivity index (χ1v) is 12.9. The van der Waals surface area contributed by atoms with Crippen molar-refractivity contribution in [2.75, 3.05) is 37.9 Å². The van der Waals surface area contributed by atoms with Crippen molar-refractivity contribution in [2.24, 2.45) is 5.92 Å². The Labute approximate surface area is 227 Å². The zero-order valence-electron chi connectivity index (χ0n) is 22.5. The van der Waals surface area contributed by atoms with Crippen LogP contribution in [-0.4, -0.2) is 45.9 Å². The predicted molar refractivity (Wildman–Crippen MR) is 145 cm³/mol. The summed E-state index contributed by atoms with van der Waals surface area (Å²) in [5.41, 5.74) is 1.80. The molecule has 2 amide bonds. The molecule has 0 bridgehead atoms. The van der Waals surface area contributed by atoms with Crippen molar-refractivity contribution < 1.29 is 33.4 Å². The number of hydrogen-bond donors (Lipinski definition) is 0. The maximum atomic E-state index is 14.0. The minimum Gasteiger partial charge on any atom is -0.494 e. The van der Waals surface area contributed by atoms with Gasteiger partial charge in [0.2, 0.25) is 11.7 Å². The summed E-state index contributed by atoms with van der Waals surface area (Å²) >= 11 is 0. The number of methoxy groups -OCH3 is 3. The molecule has 204 valence electrons. The summed E-state index contributed by atoms with van der Waals surface area (Å²) in [7, 11) is 4.59. The standard InChI is InChI=1S/C30H32N2O7/c1-5-6-18-38-21-14-12-19(13-15-21)31-29(33)24-25(22-16-17-23(35-2)27(37-4)26(22)36-3)32(39-28(24)30(31)34)20-10-8-7-9-11-20/h7-17,24-25,28H,5-6,18H2,1-4H3/t24-,25-,28-/m1/s1. The third kappa shape index (κ3) is 4.63. The van der Waals surface area contributed by atoms with E-state index in [4.69, 9.17) is 23.8 Å². The van der Waals surface area contributed by atoms with Crippen molar-refractivity contribution in [1.82, 2.24) is 0 Å². The summed E-state index contributed by atoms with van der Waals surface area (Å²) in [6, 6.07) is 19.2. The largest absolute Gasteiger partial charge is 0.494 e. The highest BCUT2D eigenvalue weighted by Gasteiger charge is 2.61. The van der Waals surface area contributed by atoms with Crippen molar-refractivity contribution >= 4 is 23.2 Å². The summed E-state index contributed by atoms with van der Waals surface area (Å²) < 4.78 is 22.6. The van der Waals surface area contributed by atoms with E-state index in [0.29, 0.717) is 46.5 Å². The number of amides is 2. The lowest BCUT2D eigenvalue weighted by atomic mass is 9.89. The molecule has 39 heavy (non-hydrogen) atoms. The Bertz CT molecular complexity index is 1330. The van der Waals surface area contributed by atoms with E-state index < -0.39 is 24.0 Å². The molecule has 9 heteroatoms. The first-order valence-electron chi connectivity index (χ1n) is 12.9. The maximum absolute atomic E-state index is 14.0. The van der Waals surface area contributed by atoms with Gasteiger partial charge in [0.15, 0.2) is 17.6 Å². The van der Waals surface area contributed by atoms with Gasteiger partial charge in [0, 0.05) is 5.56 Å². The molecule has 0 unspecified atom stereocenters. The lowest BCUT2D eigenvalue weighted by Crippen LogP contribution is -2.37. The molecule has 2 aliphatic heterocycles. The van der Waals surface area contributed by atoms with Crippen LogP contribution >= 0.6 is 0 Å². The number of rotatable bonds is 10. The molecule has 9 nitrogen and oxygen atoms in total. The number of imide groups is 1. The van der Waals surface area contributed by atoms with E-state index in [-0.39, 0.29) is 5.91 Å². The van der Waals surface area contributed by atoms with Gasteiger partial charge >= 0.3 is 0 Å². The van der Waals surface area contributed by atoms with Crippen LogP contribution in [0.15, 0.2) is 66.7 Å². The lowest BCUT2D eigenvalue weighted by molar-refractivity contribution is -0.126. The van der Waals surface area contributed by atoms with Crippen LogP contribution in [0.25, 0.3) is 0 Å². The van der Waals surface area contributed by atoms with Crippen molar-refractivity contribution in [3.8, 4) is 23.0 Å². The zero-order chi connectivity index (χ0) is 27.5. The topological polar surface area (TPSA) is 86.8 Å². The highest BCUT2D eigenvalue weighted by molar-refractivity contribution is 6.24. The normalized spacial score (nSPS) is 20.3. The number of carbonyl (C=O) groups is 2. The van der Waals surface area contributed by atoms with Crippen LogP contribution in [0.4, 0.5) is 11.4 Å². The van der Waals surface area contributed by atoms with Crippen molar-refractivity contribution in [1.29, 1.82) is 0 Å². The monoisotopic (exact) mass is 532 g/mol. The Balaban J connectivity index is 1.55. The van der Waals surface area contributed by atoms with Gasteiger partial charge in [-0.05, 0) is 55.0 Å². The van der Waals surface area contributed by atoms with Gasteiger partial charge in [-0.1, -0.05) is 31.5 Å². The fourth-order valence-corrected chi connectivity index (χ4v) is 5.17. The average molecular weight is 533 g/mol. The Morgan fingerprint density at radius 2 is 1.51 bits per heavy atom. The molecule has 0 N–H and O–H groups in total. The molecule has 3 atom stereocenters. The van der Waals surface area contributed by atoms with Crippen LogP contribution in [0.2, 0.25) is 0 Å². The quantitative estimate of drug-likeness (QED) is 0.268. The molecule has 2 saturated heterocycles. The molecule has 2 heterocycles. The van der Waals surface area contributed by atoms with Gasteiger partial charge in [-0.2, -0.15) is 0 Å². The Kier molecular flexibility index (Phi) is 7.60. The van der Waals surface area contributed by atoms with E-state index in [0.717, 1.165) is 12.8 Å². The second kappa shape index (κ2) is 11.2. The number of fused-ring (bicyclic) bond motifs is 1. The molecule has 2 aliphatic rings. The van der Waals surface area contributed by atoms with Crippen LogP contribution in [0.1, 0.15) is 31.4 Å². The van der Waals surface area contributed by atoms with Crippen LogP contribution < -0.4 is 28.9 Å². The van der Waals surface area contributed by atoms with Gasteiger partial charge in [-0.15, -0.1) is 0 Å². The highest BCUT2D eigenvalue weighted by atomic mass is 16.7. The second-order valence-corrected chi connectivity index (χ2v) is 9.29. The van der Waals surface area contributed by atoms with Crippen LogP contribution in [0.3, 0.4) is 0 Å². The van der Waals surface area contributed by atoms with Crippen LogP contribution in [0, 0.1) is 5.92 Å². The van der Waals surface area contributed by atoms with Crippen molar-refractivity contribution in [2.45, 2.75) is 31.9 Å². The minimum absolute atomic E-state index is 0.357. The van der Waals surface area contributed by atoms with E-state index in [2.05, 4.69) is 6.92 Å². The molecular weight excluding hydrogens is 500 g/mol. The van der Waals surface area contributed by atoms with Gasteiger partial charge < -0.3 is 18.9 Å². The number of benzene rings is 3. The van der Waals surface area contributed by atoms with Crippen molar-refractivity contribution in [3.05, 3.63) is 72.3 Å². The number of anilines is 2. The molecule has 0 spiro atoms. The van der Waals surface area contributed by atoms with E-state index in [1.54, 1.807) is 42.5 Å². The number of hydroxylamine groups is 1. The molecule has 0 radical (unpaired) electrons. The van der Waals surface area contributed by atoms with E-state index >= 15 is 0 Å². The van der Waals surface area contributed by atoms with Gasteiger partial charge in [0.25, 0.3) is 5.91 Å². The molecule has 0 aromatic heterocycles. The molecule has 0 aliphatic carbocycles. The summed E-state index contributed by atoms with van der Waals surface area (Å²) in [4.78, 5) is 35.1. The minimum atomic E-state index is -1.01. The maximum Gasteiger partial charge on any atom is 0.266 e. The Morgan fingerprint density at radius 3 is 2.15 bits per heavy atom. The molecule has 0 saturated carbocycles. The summed E-state index contributed by atoms with van der Waals surface area (Å²) in [6.07, 6.45) is 0.967. The first-order chi connectivity index (χ1) is 19.0. The SMILES string of the molecule is CCCCOc1ccc(N2C(=O)[C@@H]3[C@@H](c4ccc(OC)c(OC)c4OC)N(c4ccccc4)O[C@H]3C2=O)cc1. The van der Waals surface area contributed by atoms with Gasteiger partial charge in [0.05, 0.1) is 39.3 Å². The van der Waals surface area contributed by atoms with Crippen LogP contribution in [-0.2, 0) is 14.4 Å². The fraction of sp³-hybridized carbons (Fsp3) is 0.333. The van der Waals surface area contributed by atoms with Gasteiger partial charge in [-0.3, -0.25) is 14.4 Å². The van der Waals surface area contributed by atoms with Gasteiger partial charge in [-0.25, -0.2) is 9.96 Å². The molecular formula is C30H32N2O7. The number of hydrogen-bond acceptors (Lipinski definition) is 8. The predicted octanol–water partition coefficient (Wildman–Crippen LogP) is 4.94. The Hall–Kier alpha value is -4.24. The van der Waals surface area contributed by atoms with E-state index in [1.807, 2.05) is 36.4 Å². The van der Waals surface area contributed by atoms with E-state index in [1.165, 1.54) is 19.1 Å². The Morgan fingerprint density at radius 1 is 0.795 bits per heavy atom. The van der Waals surface area contributed by atoms with E-state index in [9.17, 15) is 9.59 Å². The van der Waals surface area contributed by atoms with Crippen molar-refractivity contribution in [3.63, 3.8) is 0 Å². The molecule has 5 rings (SSSR count). The number of carbonyl (C=O) groups excluding carboxylic acids is 2. The lowest BCUT2D eigenvalue weighted by Gasteiger charge is -2.30. The summed E-state index contributed by atoms with van der Waals surface area (Å²) in [5.74, 6) is 0.352. The zero-order valence-corrected chi connectivity index (χ0v) is 22.5. The first kappa shape index (κ1) is 26.4. The summed E-state index contributed by atoms with van der Waals surface area (Å²) in [6.45, 7) is 2.71. The molecule has 3 aromatic carbocycles. The average Bonchev–Trinajstić information content (AvgIpc) is 3.48. The molecule has 3 aromatic rings. The highest BCUT2D eigenvalue weighted by Crippen LogP contribution is 2.52. The molecule has 2 fully saturated rings. The second-order valence-electron chi connectivity index (χ2n) is 9.29. The number of ether oxygens (including phenoxy) is 4. The third-order valence-corrected chi connectivity index (χ3v) is 7.04. The third-order valence-electron chi connectivity index (χ3n) is 7.04. The fourth-order valence-electron chi connectivity index (χ4n) is 5.17. The van der Waals surface area contributed by atoms with Crippen LogP contribution in [0.5, 0.6) is 23.0 Å². The summed E-state index contributed by atoms with van der Waals surface area (Å²) in [5, 5.41) is 1.62. The number of nitrogens with zero attached hydrogens (tertiary/aromatic N) is 2. The smallest absolute Gasteiger partial charge is 0.266 e. The number of unbranched alkanes of at least 4 members (excludes halogenated alkanes) is 1. The number of para-hydroxylation sites is 1. The van der Waals surface area contributed by atoms with Gasteiger partial charge in [0.1, 0.15) is 17.7 Å².